The van der Waals surface area contributed by atoms with E-state index in [1.807, 2.05) is 85.4 Å². The van der Waals surface area contributed by atoms with Crippen molar-refractivity contribution < 1.29 is 4.79 Å². The topological polar surface area (TPSA) is 59.3 Å². The molecule has 2 heterocycles. The first kappa shape index (κ1) is 19.4. The van der Waals surface area contributed by atoms with Gasteiger partial charge in [0.15, 0.2) is 0 Å². The third kappa shape index (κ3) is 4.23. The molecule has 0 aliphatic carbocycles. The SMILES string of the molecule is Cn1cnc(CNC(=O)c2ccc(C3(C)C=CC=N3)c(C#Cc3ccccc3)c2)c1. The number of nitrogens with zero attached hydrogens (tertiary/aromatic N) is 3. The fourth-order valence-electron chi connectivity index (χ4n) is 3.35. The van der Waals surface area contributed by atoms with E-state index in [1.165, 1.54) is 0 Å². The quantitative estimate of drug-likeness (QED) is 0.688. The van der Waals surface area contributed by atoms with Crippen molar-refractivity contribution in [3.05, 3.63) is 101 Å². The van der Waals surface area contributed by atoms with Crippen LogP contribution in [0.2, 0.25) is 0 Å². The van der Waals surface area contributed by atoms with Crippen LogP contribution >= 0.6 is 0 Å². The molecule has 1 N–H and O–H groups in total. The van der Waals surface area contributed by atoms with Crippen LogP contribution in [0.25, 0.3) is 0 Å². The third-order valence-corrected chi connectivity index (χ3v) is 4.98. The predicted molar refractivity (Wildman–Crippen MR) is 118 cm³/mol. The molecule has 5 nitrogen and oxygen atoms in total. The van der Waals surface area contributed by atoms with Crippen LogP contribution in [-0.4, -0.2) is 21.7 Å². The Hall–Kier alpha value is -3.91. The average molecular weight is 394 g/mol. The normalized spacial score (nSPS) is 16.9. The van der Waals surface area contributed by atoms with E-state index < -0.39 is 5.54 Å². The molecule has 2 aromatic carbocycles. The maximum atomic E-state index is 12.7. The van der Waals surface area contributed by atoms with Crippen LogP contribution in [0.15, 0.2) is 78.2 Å². The molecule has 1 aliphatic rings. The monoisotopic (exact) mass is 394 g/mol. The average Bonchev–Trinajstić information content (AvgIpc) is 3.40. The van der Waals surface area contributed by atoms with E-state index in [9.17, 15) is 4.79 Å². The molecular formula is C25H22N4O. The molecule has 3 aromatic rings. The molecule has 1 atom stereocenters. The van der Waals surface area contributed by atoms with Gasteiger partial charge in [-0.2, -0.15) is 0 Å². The number of hydrogen-bond acceptors (Lipinski definition) is 3. The van der Waals surface area contributed by atoms with E-state index in [0.717, 1.165) is 22.4 Å². The molecule has 0 fully saturated rings. The standard InChI is InChI=1S/C25H22N4O/c1-25(13-6-14-28-25)23-12-11-21(24(30)26-16-22-17-29(2)18-27-22)15-20(23)10-9-19-7-4-3-5-8-19/h3-8,11-15,17-18H,16H2,1-2H3,(H,26,30). The van der Waals surface area contributed by atoms with Crippen molar-refractivity contribution in [1.29, 1.82) is 0 Å². The molecule has 1 unspecified atom stereocenters. The van der Waals surface area contributed by atoms with Crippen molar-refractivity contribution in [2.45, 2.75) is 19.0 Å². The predicted octanol–water partition coefficient (Wildman–Crippen LogP) is 3.61. The Morgan fingerprint density at radius 3 is 2.70 bits per heavy atom. The minimum Gasteiger partial charge on any atom is -0.346 e. The van der Waals surface area contributed by atoms with E-state index in [0.29, 0.717) is 12.1 Å². The number of aryl methyl sites for hydroxylation is 1. The van der Waals surface area contributed by atoms with Crippen LogP contribution in [0.1, 0.15) is 39.7 Å². The van der Waals surface area contributed by atoms with Gasteiger partial charge in [0, 0.05) is 36.1 Å². The summed E-state index contributed by atoms with van der Waals surface area (Å²) in [5.41, 5.74) is 3.56. The molecule has 1 aromatic heterocycles. The summed E-state index contributed by atoms with van der Waals surface area (Å²) in [7, 11) is 1.90. The Labute approximate surface area is 176 Å². The lowest BCUT2D eigenvalue weighted by atomic mass is 9.88. The minimum atomic E-state index is -0.482. The zero-order chi connectivity index (χ0) is 21.0. The molecule has 0 bridgehead atoms. The highest BCUT2D eigenvalue weighted by Gasteiger charge is 2.27. The van der Waals surface area contributed by atoms with Gasteiger partial charge in [0.25, 0.3) is 5.91 Å². The van der Waals surface area contributed by atoms with E-state index >= 15 is 0 Å². The van der Waals surface area contributed by atoms with Crippen LogP contribution in [0.5, 0.6) is 0 Å². The molecule has 0 radical (unpaired) electrons. The van der Waals surface area contributed by atoms with Gasteiger partial charge in [0.2, 0.25) is 0 Å². The number of amides is 1. The minimum absolute atomic E-state index is 0.161. The summed E-state index contributed by atoms with van der Waals surface area (Å²) in [4.78, 5) is 21.6. The van der Waals surface area contributed by atoms with Crippen molar-refractivity contribution in [3.8, 4) is 11.8 Å². The van der Waals surface area contributed by atoms with Crippen molar-refractivity contribution >= 4 is 12.1 Å². The highest BCUT2D eigenvalue weighted by molar-refractivity contribution is 5.94. The fraction of sp³-hybridized carbons (Fsp3) is 0.160. The Balaban J connectivity index is 1.64. The second-order valence-electron chi connectivity index (χ2n) is 7.37. The van der Waals surface area contributed by atoms with Gasteiger partial charge in [-0.1, -0.05) is 42.2 Å². The maximum Gasteiger partial charge on any atom is 0.251 e. The molecule has 0 saturated carbocycles. The number of carbonyl (C=O) groups is 1. The first-order valence-electron chi connectivity index (χ1n) is 9.73. The van der Waals surface area contributed by atoms with Gasteiger partial charge in [-0.15, -0.1) is 0 Å². The summed E-state index contributed by atoms with van der Waals surface area (Å²) < 4.78 is 1.85. The van der Waals surface area contributed by atoms with Crippen LogP contribution < -0.4 is 5.32 Å². The van der Waals surface area contributed by atoms with Gasteiger partial charge in [-0.3, -0.25) is 9.79 Å². The number of imidazole rings is 1. The summed E-state index contributed by atoms with van der Waals surface area (Å²) in [5, 5.41) is 2.92. The molecule has 148 valence electrons. The largest absolute Gasteiger partial charge is 0.346 e. The Morgan fingerprint density at radius 2 is 2.00 bits per heavy atom. The third-order valence-electron chi connectivity index (χ3n) is 4.98. The molecule has 1 aliphatic heterocycles. The van der Waals surface area contributed by atoms with Crippen LogP contribution in [0.3, 0.4) is 0 Å². The molecule has 30 heavy (non-hydrogen) atoms. The molecule has 0 saturated heterocycles. The number of aliphatic imine (C=N–C) groups is 1. The summed E-state index contributed by atoms with van der Waals surface area (Å²) in [5.74, 6) is 6.29. The fourth-order valence-corrected chi connectivity index (χ4v) is 3.35. The second-order valence-corrected chi connectivity index (χ2v) is 7.37. The smallest absolute Gasteiger partial charge is 0.251 e. The second kappa shape index (κ2) is 8.22. The number of benzene rings is 2. The van der Waals surface area contributed by atoms with E-state index in [2.05, 4.69) is 27.1 Å². The summed E-state index contributed by atoms with van der Waals surface area (Å²) in [6.45, 7) is 2.41. The molecule has 0 spiro atoms. The first-order chi connectivity index (χ1) is 14.5. The molecule has 4 rings (SSSR count). The van der Waals surface area contributed by atoms with Crippen LogP contribution in [-0.2, 0) is 19.1 Å². The van der Waals surface area contributed by atoms with Crippen LogP contribution in [0, 0.1) is 11.8 Å². The molecule has 5 heteroatoms. The number of nitrogens with one attached hydrogen (secondary N) is 1. The first-order valence-corrected chi connectivity index (χ1v) is 9.73. The summed E-state index contributed by atoms with van der Waals surface area (Å²) in [6.07, 6.45) is 9.36. The van der Waals surface area contributed by atoms with Gasteiger partial charge in [-0.25, -0.2) is 4.98 Å². The van der Waals surface area contributed by atoms with Gasteiger partial charge in [0.1, 0.15) is 5.54 Å². The number of carbonyl (C=O) groups excluding carboxylic acids is 1. The van der Waals surface area contributed by atoms with Crippen molar-refractivity contribution in [2.75, 3.05) is 0 Å². The Bertz CT molecular complexity index is 1180. The Morgan fingerprint density at radius 1 is 1.17 bits per heavy atom. The van der Waals surface area contributed by atoms with Gasteiger partial charge < -0.3 is 9.88 Å². The zero-order valence-electron chi connectivity index (χ0n) is 17.0. The number of hydrogen-bond donors (Lipinski definition) is 1. The molecule has 1 amide bonds. The highest BCUT2D eigenvalue weighted by Crippen LogP contribution is 2.32. The van der Waals surface area contributed by atoms with E-state index in [1.54, 1.807) is 12.5 Å². The summed E-state index contributed by atoms with van der Waals surface area (Å²) in [6, 6.07) is 15.4. The lowest BCUT2D eigenvalue weighted by Crippen LogP contribution is -2.24. The van der Waals surface area contributed by atoms with Crippen molar-refractivity contribution in [2.24, 2.45) is 12.0 Å². The lowest BCUT2D eigenvalue weighted by Gasteiger charge is -2.21. The van der Waals surface area contributed by atoms with Gasteiger partial charge in [-0.05, 0) is 42.8 Å². The highest BCUT2D eigenvalue weighted by atomic mass is 16.1. The summed E-state index contributed by atoms with van der Waals surface area (Å²) >= 11 is 0. The lowest BCUT2D eigenvalue weighted by molar-refractivity contribution is 0.0950. The zero-order valence-corrected chi connectivity index (χ0v) is 17.0. The van der Waals surface area contributed by atoms with Gasteiger partial charge >= 0.3 is 0 Å². The van der Waals surface area contributed by atoms with Crippen molar-refractivity contribution in [3.63, 3.8) is 0 Å². The number of aromatic nitrogens is 2. The maximum absolute atomic E-state index is 12.7. The van der Waals surface area contributed by atoms with Gasteiger partial charge in [0.05, 0.1) is 18.6 Å². The van der Waals surface area contributed by atoms with E-state index in [4.69, 9.17) is 0 Å². The Kier molecular flexibility index (Phi) is 5.32. The van der Waals surface area contributed by atoms with E-state index in [-0.39, 0.29) is 5.91 Å². The molecular weight excluding hydrogens is 372 g/mol. The van der Waals surface area contributed by atoms with Crippen LogP contribution in [0.4, 0.5) is 0 Å². The number of allylic oxidation sites excluding steroid dienone is 1. The van der Waals surface area contributed by atoms with Crippen molar-refractivity contribution in [1.82, 2.24) is 14.9 Å². The number of rotatable bonds is 4.